The topological polar surface area (TPSA) is 120 Å². The van der Waals surface area contributed by atoms with Gasteiger partial charge in [-0.05, 0) is 39.2 Å². The van der Waals surface area contributed by atoms with Gasteiger partial charge in [0, 0.05) is 17.7 Å². The maximum atomic E-state index is 13.1. The van der Waals surface area contributed by atoms with Crippen LogP contribution in [0.2, 0.25) is 0 Å². The van der Waals surface area contributed by atoms with E-state index in [0.717, 1.165) is 18.5 Å². The van der Waals surface area contributed by atoms with E-state index in [1.807, 2.05) is 13.0 Å². The molecule has 0 spiro atoms. The third kappa shape index (κ3) is 3.31. The Morgan fingerprint density at radius 1 is 1.24 bits per heavy atom. The minimum Gasteiger partial charge on any atom is -0.360 e. The zero-order chi connectivity index (χ0) is 20.3. The predicted molar refractivity (Wildman–Crippen MR) is 106 cm³/mol. The molecule has 0 aromatic carbocycles. The molecule has 152 valence electrons. The molecule has 1 amide bonds. The van der Waals surface area contributed by atoms with E-state index in [2.05, 4.69) is 15.6 Å². The zero-order valence-corrected chi connectivity index (χ0v) is 17.0. The molecular formula is C19H21N5O4S. The summed E-state index contributed by atoms with van der Waals surface area (Å²) in [6.45, 7) is 3.57. The van der Waals surface area contributed by atoms with Crippen molar-refractivity contribution in [3.05, 3.63) is 34.8 Å². The lowest BCUT2D eigenvalue weighted by molar-refractivity contribution is 0.102. The molecule has 2 aliphatic rings. The van der Waals surface area contributed by atoms with Crippen LogP contribution >= 0.6 is 0 Å². The Bertz CT molecular complexity index is 1240. The number of aryl methyl sites for hydroxylation is 2. The summed E-state index contributed by atoms with van der Waals surface area (Å²) in [5.41, 5.74) is 2.55. The monoisotopic (exact) mass is 415 g/mol. The Kier molecular flexibility index (Phi) is 4.02. The van der Waals surface area contributed by atoms with Gasteiger partial charge in [0.2, 0.25) is 0 Å². The zero-order valence-electron chi connectivity index (χ0n) is 16.2. The van der Waals surface area contributed by atoms with E-state index in [9.17, 15) is 13.2 Å². The molecule has 3 aromatic heterocycles. The molecule has 1 saturated heterocycles. The Labute approximate surface area is 167 Å². The highest BCUT2D eigenvalue weighted by molar-refractivity contribution is 7.91. The maximum absolute atomic E-state index is 13.1. The van der Waals surface area contributed by atoms with Crippen LogP contribution in [0.5, 0.6) is 0 Å². The number of rotatable bonds is 4. The summed E-state index contributed by atoms with van der Waals surface area (Å²) in [7, 11) is -3.07. The van der Waals surface area contributed by atoms with Crippen LogP contribution in [-0.2, 0) is 9.84 Å². The van der Waals surface area contributed by atoms with Crippen molar-refractivity contribution in [2.24, 2.45) is 0 Å². The molecule has 1 unspecified atom stereocenters. The molecule has 0 radical (unpaired) electrons. The molecule has 1 saturated carbocycles. The van der Waals surface area contributed by atoms with E-state index in [0.29, 0.717) is 46.2 Å². The van der Waals surface area contributed by atoms with Crippen LogP contribution in [0.25, 0.3) is 11.0 Å². The number of hydrogen-bond acceptors (Lipinski definition) is 7. The number of sulfone groups is 1. The largest absolute Gasteiger partial charge is 0.360 e. The van der Waals surface area contributed by atoms with Gasteiger partial charge in [0.05, 0.1) is 34.2 Å². The van der Waals surface area contributed by atoms with Crippen LogP contribution in [0, 0.1) is 13.8 Å². The lowest BCUT2D eigenvalue weighted by Gasteiger charge is -2.11. The van der Waals surface area contributed by atoms with Gasteiger partial charge in [0.25, 0.3) is 5.91 Å². The number of aromatic nitrogens is 4. The number of carbonyl (C=O) groups is 1. The molecule has 29 heavy (non-hydrogen) atoms. The Hall–Kier alpha value is -2.75. The molecule has 1 atom stereocenters. The van der Waals surface area contributed by atoms with Crippen molar-refractivity contribution in [1.82, 2.24) is 19.9 Å². The molecule has 1 aliphatic heterocycles. The number of nitrogens with one attached hydrogen (secondary N) is 1. The fourth-order valence-electron chi connectivity index (χ4n) is 3.93. The predicted octanol–water partition coefficient (Wildman–Crippen LogP) is 2.53. The standard InChI is InChI=1S/C19H21N5O4S/c1-10-7-16(23-28-10)21-19(25)14-8-15(12-3-4-12)20-18-17(14)11(2)22-24(18)13-5-6-29(26,27)9-13/h7-8,12-13H,3-6,9H2,1-2H3,(H,21,23,25). The second kappa shape index (κ2) is 6.38. The molecule has 1 aliphatic carbocycles. The van der Waals surface area contributed by atoms with Crippen molar-refractivity contribution >= 4 is 32.6 Å². The SMILES string of the molecule is Cc1cc(NC(=O)c2cc(C3CC3)nc3c2c(C)nn3C2CCS(=O)(=O)C2)no1. The number of nitrogens with zero attached hydrogens (tertiary/aromatic N) is 4. The first-order chi connectivity index (χ1) is 13.8. The number of anilines is 1. The van der Waals surface area contributed by atoms with E-state index in [4.69, 9.17) is 9.51 Å². The summed E-state index contributed by atoms with van der Waals surface area (Å²) in [6, 6.07) is 3.22. The smallest absolute Gasteiger partial charge is 0.257 e. The molecule has 5 rings (SSSR count). The molecule has 0 bridgehead atoms. The lowest BCUT2D eigenvalue weighted by Crippen LogP contribution is -2.15. The number of hydrogen-bond donors (Lipinski definition) is 1. The summed E-state index contributed by atoms with van der Waals surface area (Å²) >= 11 is 0. The van der Waals surface area contributed by atoms with Crippen LogP contribution in [-0.4, -0.2) is 45.8 Å². The van der Waals surface area contributed by atoms with Gasteiger partial charge in [-0.3, -0.25) is 4.79 Å². The van der Waals surface area contributed by atoms with Gasteiger partial charge in [-0.2, -0.15) is 5.10 Å². The second-order valence-corrected chi connectivity index (χ2v) is 10.2. The second-order valence-electron chi connectivity index (χ2n) is 7.93. The van der Waals surface area contributed by atoms with Crippen LogP contribution in [0.4, 0.5) is 5.82 Å². The van der Waals surface area contributed by atoms with Gasteiger partial charge in [-0.25, -0.2) is 18.1 Å². The van der Waals surface area contributed by atoms with Crippen molar-refractivity contribution in [1.29, 1.82) is 0 Å². The van der Waals surface area contributed by atoms with E-state index < -0.39 is 9.84 Å². The highest BCUT2D eigenvalue weighted by Crippen LogP contribution is 2.41. The van der Waals surface area contributed by atoms with Crippen LogP contribution in [0.3, 0.4) is 0 Å². The first kappa shape index (κ1) is 18.3. The Morgan fingerprint density at radius 3 is 2.66 bits per heavy atom. The first-order valence-corrected chi connectivity index (χ1v) is 11.5. The molecule has 9 nitrogen and oxygen atoms in total. The molecular weight excluding hydrogens is 394 g/mol. The van der Waals surface area contributed by atoms with E-state index in [-0.39, 0.29) is 23.5 Å². The number of amides is 1. The minimum atomic E-state index is -3.07. The van der Waals surface area contributed by atoms with Crippen LogP contribution < -0.4 is 5.32 Å². The fraction of sp³-hybridized carbons (Fsp3) is 0.474. The van der Waals surface area contributed by atoms with Gasteiger partial charge in [-0.1, -0.05) is 5.16 Å². The van der Waals surface area contributed by atoms with Crippen molar-refractivity contribution < 1.29 is 17.7 Å². The fourth-order valence-corrected chi connectivity index (χ4v) is 5.62. The van der Waals surface area contributed by atoms with Gasteiger partial charge >= 0.3 is 0 Å². The summed E-state index contributed by atoms with van der Waals surface area (Å²) in [4.78, 5) is 17.9. The van der Waals surface area contributed by atoms with Crippen LogP contribution in [0.15, 0.2) is 16.7 Å². The maximum Gasteiger partial charge on any atom is 0.257 e. The minimum absolute atomic E-state index is 0.0539. The van der Waals surface area contributed by atoms with Crippen LogP contribution in [0.1, 0.15) is 58.7 Å². The average Bonchev–Trinajstić information content (AvgIpc) is 3.24. The van der Waals surface area contributed by atoms with Gasteiger partial charge in [0.15, 0.2) is 21.3 Å². The lowest BCUT2D eigenvalue weighted by atomic mass is 10.1. The third-order valence-electron chi connectivity index (χ3n) is 5.52. The molecule has 1 N–H and O–H groups in total. The van der Waals surface area contributed by atoms with Crippen molar-refractivity contribution in [3.8, 4) is 0 Å². The molecule has 10 heteroatoms. The number of fused-ring (bicyclic) bond motifs is 1. The summed E-state index contributed by atoms with van der Waals surface area (Å²) < 4.78 is 30.7. The normalized spacial score (nSPS) is 21.0. The van der Waals surface area contributed by atoms with E-state index in [1.54, 1.807) is 17.7 Å². The van der Waals surface area contributed by atoms with Crippen molar-refractivity contribution in [2.75, 3.05) is 16.8 Å². The third-order valence-corrected chi connectivity index (χ3v) is 7.27. The summed E-state index contributed by atoms with van der Waals surface area (Å²) in [6.07, 6.45) is 2.58. The highest BCUT2D eigenvalue weighted by Gasteiger charge is 2.34. The molecule has 2 fully saturated rings. The molecule has 3 aromatic rings. The van der Waals surface area contributed by atoms with Gasteiger partial charge in [0.1, 0.15) is 5.76 Å². The van der Waals surface area contributed by atoms with E-state index >= 15 is 0 Å². The highest BCUT2D eigenvalue weighted by atomic mass is 32.2. The quantitative estimate of drug-likeness (QED) is 0.695. The number of carbonyl (C=O) groups excluding carboxylic acids is 1. The summed E-state index contributed by atoms with van der Waals surface area (Å²) in [5, 5.41) is 11.8. The Morgan fingerprint density at radius 2 is 2.03 bits per heavy atom. The van der Waals surface area contributed by atoms with Gasteiger partial charge < -0.3 is 9.84 Å². The van der Waals surface area contributed by atoms with E-state index in [1.165, 1.54) is 0 Å². The summed E-state index contributed by atoms with van der Waals surface area (Å²) in [5.74, 6) is 1.17. The van der Waals surface area contributed by atoms with Gasteiger partial charge in [-0.15, -0.1) is 0 Å². The van der Waals surface area contributed by atoms with Crippen molar-refractivity contribution in [3.63, 3.8) is 0 Å². The van der Waals surface area contributed by atoms with Crippen molar-refractivity contribution in [2.45, 2.75) is 45.1 Å². The first-order valence-electron chi connectivity index (χ1n) is 9.65. The molecule has 4 heterocycles. The Balaban J connectivity index is 1.62. The number of pyridine rings is 1. The average molecular weight is 415 g/mol.